The van der Waals surface area contributed by atoms with Crippen molar-refractivity contribution in [3.05, 3.63) is 28.7 Å². The lowest BCUT2D eigenvalue weighted by molar-refractivity contribution is 0.0635. The van der Waals surface area contributed by atoms with Crippen LogP contribution in [0.4, 0.5) is 15.0 Å². The van der Waals surface area contributed by atoms with Gasteiger partial charge in [0.15, 0.2) is 5.82 Å². The van der Waals surface area contributed by atoms with Crippen molar-refractivity contribution in [1.29, 1.82) is 0 Å². The first-order chi connectivity index (χ1) is 8.74. The van der Waals surface area contributed by atoms with E-state index >= 15 is 0 Å². The Labute approximate surface area is 117 Å². The van der Waals surface area contributed by atoms with Crippen LogP contribution in [0.1, 0.15) is 20.8 Å². The summed E-state index contributed by atoms with van der Waals surface area (Å²) in [6, 6.07) is 1.27. The first-order valence-electron chi connectivity index (χ1n) is 5.58. The van der Waals surface area contributed by atoms with Crippen molar-refractivity contribution in [3.8, 4) is 0 Å². The van der Waals surface area contributed by atoms with Crippen LogP contribution in [0.5, 0.6) is 0 Å². The number of anilines is 1. The smallest absolute Gasteiger partial charge is 0.413 e. The Morgan fingerprint density at radius 3 is 2.79 bits per heavy atom. The molecule has 1 N–H and O–H groups in total. The molecule has 0 aliphatic heterocycles. The first kappa shape index (κ1) is 13.8. The number of nitrogens with zero attached hydrogens (tertiary/aromatic N) is 2. The van der Waals surface area contributed by atoms with E-state index in [9.17, 15) is 9.18 Å². The van der Waals surface area contributed by atoms with Gasteiger partial charge in [-0.05, 0) is 36.7 Å². The molecule has 0 aliphatic rings. The molecule has 5 nitrogen and oxygen atoms in total. The monoisotopic (exact) mass is 329 g/mol. The van der Waals surface area contributed by atoms with Gasteiger partial charge in [-0.25, -0.2) is 14.2 Å². The summed E-state index contributed by atoms with van der Waals surface area (Å²) in [4.78, 5) is 15.6. The van der Waals surface area contributed by atoms with Crippen LogP contribution in [0.3, 0.4) is 0 Å². The molecule has 0 bridgehead atoms. The number of amides is 1. The second-order valence-corrected chi connectivity index (χ2v) is 5.84. The number of rotatable bonds is 1. The summed E-state index contributed by atoms with van der Waals surface area (Å²) in [5, 5.41) is 2.50. The van der Waals surface area contributed by atoms with E-state index in [2.05, 4.69) is 26.2 Å². The summed E-state index contributed by atoms with van der Waals surface area (Å²) in [6.07, 6.45) is 2.50. The Morgan fingerprint density at radius 1 is 1.47 bits per heavy atom. The van der Waals surface area contributed by atoms with Gasteiger partial charge >= 0.3 is 6.09 Å². The lowest BCUT2D eigenvalue weighted by Crippen LogP contribution is -2.27. The first-order valence-corrected chi connectivity index (χ1v) is 6.38. The number of hydrogen-bond acceptors (Lipinski definition) is 3. The molecule has 7 heteroatoms. The van der Waals surface area contributed by atoms with E-state index in [1.807, 2.05) is 0 Å². The third kappa shape index (κ3) is 3.44. The minimum Gasteiger partial charge on any atom is -0.444 e. The van der Waals surface area contributed by atoms with Gasteiger partial charge in [-0.2, -0.15) is 0 Å². The second kappa shape index (κ2) is 4.80. The highest BCUT2D eigenvalue weighted by Crippen LogP contribution is 2.19. The molecule has 2 heterocycles. The summed E-state index contributed by atoms with van der Waals surface area (Å²) in [5.41, 5.74) is -0.190. The fourth-order valence-electron chi connectivity index (χ4n) is 1.45. The highest BCUT2D eigenvalue weighted by atomic mass is 79.9. The number of fused-ring (bicyclic) bond motifs is 1. The molecule has 2 aromatic rings. The minimum atomic E-state index is -0.601. The number of pyridine rings is 1. The Balaban J connectivity index is 2.20. The molecule has 19 heavy (non-hydrogen) atoms. The van der Waals surface area contributed by atoms with Crippen molar-refractivity contribution in [2.45, 2.75) is 26.4 Å². The Morgan fingerprint density at radius 2 is 2.16 bits per heavy atom. The molecule has 0 saturated heterocycles. The number of carbonyl (C=O) groups excluding carboxylic acids is 1. The van der Waals surface area contributed by atoms with Gasteiger partial charge in [0.25, 0.3) is 0 Å². The number of hydrogen-bond donors (Lipinski definition) is 1. The molecule has 0 atom stereocenters. The molecule has 0 unspecified atom stereocenters. The quantitative estimate of drug-likeness (QED) is 0.869. The van der Waals surface area contributed by atoms with Crippen molar-refractivity contribution < 1.29 is 13.9 Å². The maximum Gasteiger partial charge on any atom is 0.413 e. The maximum absolute atomic E-state index is 13.3. The number of halogens is 2. The van der Waals surface area contributed by atoms with E-state index in [1.165, 1.54) is 12.3 Å². The van der Waals surface area contributed by atoms with Gasteiger partial charge in [-0.3, -0.25) is 5.32 Å². The van der Waals surface area contributed by atoms with Gasteiger partial charge in [0.2, 0.25) is 0 Å². The second-order valence-electron chi connectivity index (χ2n) is 4.99. The largest absolute Gasteiger partial charge is 0.444 e. The molecule has 2 aromatic heterocycles. The third-order valence-corrected chi connectivity index (χ3v) is 2.71. The van der Waals surface area contributed by atoms with E-state index in [1.54, 1.807) is 31.4 Å². The van der Waals surface area contributed by atoms with E-state index in [4.69, 9.17) is 4.74 Å². The zero-order valence-electron chi connectivity index (χ0n) is 10.7. The number of ether oxygens (including phenoxy) is 1. The number of imidazole rings is 1. The Bertz CT molecular complexity index is 595. The highest BCUT2D eigenvalue weighted by molar-refractivity contribution is 9.10. The average molecular weight is 330 g/mol. The summed E-state index contributed by atoms with van der Waals surface area (Å²) in [7, 11) is 0. The molecule has 0 aliphatic carbocycles. The van der Waals surface area contributed by atoms with E-state index < -0.39 is 17.5 Å². The van der Waals surface area contributed by atoms with Crippen LogP contribution in [0.15, 0.2) is 22.9 Å². The molecule has 0 saturated carbocycles. The highest BCUT2D eigenvalue weighted by Gasteiger charge is 2.17. The molecular formula is C12H13BrFN3O2. The summed E-state index contributed by atoms with van der Waals surface area (Å²) >= 11 is 3.08. The lowest BCUT2D eigenvalue weighted by atomic mass is 10.2. The lowest BCUT2D eigenvalue weighted by Gasteiger charge is -2.18. The van der Waals surface area contributed by atoms with Crippen molar-refractivity contribution in [2.24, 2.45) is 0 Å². The molecule has 0 spiro atoms. The SMILES string of the molecule is CC(C)(C)OC(=O)Nc1cn2cc(Br)c(F)cc2n1. The predicted molar refractivity (Wildman–Crippen MR) is 72.7 cm³/mol. The zero-order valence-corrected chi connectivity index (χ0v) is 12.3. The van der Waals surface area contributed by atoms with Crippen molar-refractivity contribution in [3.63, 3.8) is 0 Å². The van der Waals surface area contributed by atoms with Gasteiger partial charge in [0.1, 0.15) is 17.1 Å². The van der Waals surface area contributed by atoms with Crippen LogP contribution in [-0.2, 0) is 4.74 Å². The Kier molecular flexibility index (Phi) is 3.49. The van der Waals surface area contributed by atoms with Gasteiger partial charge in [-0.15, -0.1) is 0 Å². The molecule has 1 amide bonds. The van der Waals surface area contributed by atoms with Gasteiger partial charge in [0.05, 0.1) is 10.7 Å². The molecular weight excluding hydrogens is 317 g/mol. The standard InChI is InChI=1S/C12H13BrFN3O2/c1-12(2,3)19-11(18)16-9-6-17-5-7(13)8(14)4-10(17)15-9/h4-6H,1-3H3,(H,16,18). The van der Waals surface area contributed by atoms with E-state index in [0.717, 1.165) is 0 Å². The van der Waals surface area contributed by atoms with Crippen LogP contribution in [-0.4, -0.2) is 21.1 Å². The summed E-state index contributed by atoms with van der Waals surface area (Å²) in [6.45, 7) is 5.30. The fourth-order valence-corrected chi connectivity index (χ4v) is 1.79. The van der Waals surface area contributed by atoms with Crippen molar-refractivity contribution in [2.75, 3.05) is 5.32 Å². The van der Waals surface area contributed by atoms with Crippen molar-refractivity contribution in [1.82, 2.24) is 9.38 Å². The number of aromatic nitrogens is 2. The summed E-state index contributed by atoms with van der Waals surface area (Å²) < 4.78 is 20.4. The molecule has 0 fully saturated rings. The van der Waals surface area contributed by atoms with Crippen LogP contribution >= 0.6 is 15.9 Å². The van der Waals surface area contributed by atoms with Crippen LogP contribution in [0, 0.1) is 5.82 Å². The van der Waals surface area contributed by atoms with Gasteiger partial charge in [-0.1, -0.05) is 0 Å². The maximum atomic E-state index is 13.3. The third-order valence-electron chi connectivity index (χ3n) is 2.13. The van der Waals surface area contributed by atoms with Crippen LogP contribution in [0.25, 0.3) is 5.65 Å². The minimum absolute atomic E-state index is 0.298. The Hall–Kier alpha value is -1.63. The van der Waals surface area contributed by atoms with Crippen LogP contribution in [0.2, 0.25) is 0 Å². The normalized spacial score (nSPS) is 11.6. The number of nitrogens with one attached hydrogen (secondary N) is 1. The molecule has 2 rings (SSSR count). The van der Waals surface area contributed by atoms with Crippen molar-refractivity contribution >= 4 is 33.5 Å². The van der Waals surface area contributed by atoms with Crippen LogP contribution < -0.4 is 5.32 Å². The van der Waals surface area contributed by atoms with Gasteiger partial charge in [0, 0.05) is 12.3 Å². The van der Waals surface area contributed by atoms with E-state index in [-0.39, 0.29) is 0 Å². The fraction of sp³-hybridized carbons (Fsp3) is 0.333. The molecule has 102 valence electrons. The van der Waals surface area contributed by atoms with Gasteiger partial charge < -0.3 is 9.14 Å². The predicted octanol–water partition coefficient (Wildman–Crippen LogP) is 3.58. The molecule has 0 aromatic carbocycles. The number of carbonyl (C=O) groups is 1. The zero-order chi connectivity index (χ0) is 14.2. The summed E-state index contributed by atoms with van der Waals surface area (Å²) in [5.74, 6) is -0.117. The topological polar surface area (TPSA) is 55.6 Å². The average Bonchev–Trinajstić information content (AvgIpc) is 2.56. The molecule has 0 radical (unpaired) electrons. The van der Waals surface area contributed by atoms with E-state index in [0.29, 0.717) is 15.9 Å².